The molecule has 0 spiro atoms. The zero-order valence-corrected chi connectivity index (χ0v) is 14.6. The van der Waals surface area contributed by atoms with E-state index in [1.807, 2.05) is 24.3 Å². The van der Waals surface area contributed by atoms with Crippen molar-refractivity contribution in [2.24, 2.45) is 0 Å². The molecule has 118 valence electrons. The Bertz CT molecular complexity index is 778. The van der Waals surface area contributed by atoms with Crippen molar-refractivity contribution < 1.29 is 14.4 Å². The van der Waals surface area contributed by atoms with Crippen LogP contribution >= 0.6 is 39.0 Å². The third kappa shape index (κ3) is 3.95. The van der Waals surface area contributed by atoms with Crippen molar-refractivity contribution in [3.8, 4) is 10.6 Å². The molecule has 1 aromatic heterocycles. The first-order valence-corrected chi connectivity index (χ1v) is 8.91. The van der Waals surface area contributed by atoms with Gasteiger partial charge in [0.25, 0.3) is 5.24 Å². The Morgan fingerprint density at radius 3 is 2.65 bits per heavy atom. The maximum absolute atomic E-state index is 11.9. The maximum atomic E-state index is 11.9. The van der Waals surface area contributed by atoms with Crippen LogP contribution in [0, 0.1) is 0 Å². The number of nitrogens with one attached hydrogen (secondary N) is 2. The molecule has 1 aromatic carbocycles. The van der Waals surface area contributed by atoms with E-state index >= 15 is 0 Å². The van der Waals surface area contributed by atoms with Crippen LogP contribution in [0.1, 0.15) is 6.42 Å². The number of anilines is 1. The quantitative estimate of drug-likeness (QED) is 0.800. The normalized spacial score (nSPS) is 17.2. The minimum absolute atomic E-state index is 0.0879. The molecule has 3 rings (SSSR count). The van der Waals surface area contributed by atoms with Crippen molar-refractivity contribution in [1.82, 2.24) is 15.5 Å². The predicted octanol–water partition coefficient (Wildman–Crippen LogP) is 2.65. The summed E-state index contributed by atoms with van der Waals surface area (Å²) in [5.41, 5.74) is 0.891. The second-order valence-electron chi connectivity index (χ2n) is 4.55. The number of rotatable bonds is 4. The molecule has 2 N–H and O–H groups in total. The Kier molecular flexibility index (Phi) is 4.74. The molecule has 1 saturated heterocycles. The molecule has 10 heteroatoms. The van der Waals surface area contributed by atoms with Crippen molar-refractivity contribution in [1.29, 1.82) is 0 Å². The molecule has 1 fully saturated rings. The topological polar surface area (TPSA) is 101 Å². The molecule has 0 saturated carbocycles. The van der Waals surface area contributed by atoms with Crippen molar-refractivity contribution in [2.45, 2.75) is 11.7 Å². The molecule has 7 nitrogen and oxygen atoms in total. The number of nitrogens with zero attached hydrogens (tertiary/aromatic N) is 2. The number of carbonyl (C=O) groups is 3. The Labute approximate surface area is 147 Å². The smallest absolute Gasteiger partial charge is 0.286 e. The Morgan fingerprint density at radius 1 is 1.26 bits per heavy atom. The average Bonchev–Trinajstić information content (AvgIpc) is 3.07. The number of halogens is 1. The highest BCUT2D eigenvalue weighted by Crippen LogP contribution is 2.28. The Balaban J connectivity index is 1.62. The van der Waals surface area contributed by atoms with Crippen LogP contribution in [-0.4, -0.2) is 32.5 Å². The van der Waals surface area contributed by atoms with E-state index in [4.69, 9.17) is 0 Å². The molecular weight excluding hydrogens is 404 g/mol. The van der Waals surface area contributed by atoms with E-state index in [0.717, 1.165) is 21.8 Å². The van der Waals surface area contributed by atoms with Gasteiger partial charge in [-0.3, -0.25) is 19.7 Å². The fourth-order valence-corrected chi connectivity index (χ4v) is 3.70. The molecule has 1 atom stereocenters. The summed E-state index contributed by atoms with van der Waals surface area (Å²) in [6.45, 7) is 0. The van der Waals surface area contributed by atoms with E-state index in [1.54, 1.807) is 0 Å². The van der Waals surface area contributed by atoms with Crippen molar-refractivity contribution in [2.75, 3.05) is 5.32 Å². The van der Waals surface area contributed by atoms with Crippen LogP contribution in [0.15, 0.2) is 28.7 Å². The lowest BCUT2D eigenvalue weighted by atomic mass is 10.2. The molecule has 0 aliphatic carbocycles. The molecule has 2 aromatic rings. The highest BCUT2D eigenvalue weighted by molar-refractivity contribution is 9.10. The van der Waals surface area contributed by atoms with Crippen molar-refractivity contribution >= 4 is 61.2 Å². The fraction of sp³-hybridized carbons (Fsp3) is 0.154. The van der Waals surface area contributed by atoms with Gasteiger partial charge in [0.05, 0.1) is 0 Å². The first-order chi connectivity index (χ1) is 11.0. The lowest BCUT2D eigenvalue weighted by molar-refractivity contribution is -0.122. The summed E-state index contributed by atoms with van der Waals surface area (Å²) in [7, 11) is 0. The van der Waals surface area contributed by atoms with Gasteiger partial charge in [-0.05, 0) is 12.1 Å². The van der Waals surface area contributed by atoms with Crippen molar-refractivity contribution in [3.05, 3.63) is 28.7 Å². The van der Waals surface area contributed by atoms with Crippen LogP contribution in [-0.2, 0) is 9.59 Å². The van der Waals surface area contributed by atoms with Gasteiger partial charge in [-0.1, -0.05) is 51.2 Å². The zero-order valence-electron chi connectivity index (χ0n) is 11.4. The van der Waals surface area contributed by atoms with Crippen LogP contribution in [0.2, 0.25) is 0 Å². The summed E-state index contributed by atoms with van der Waals surface area (Å²) in [6, 6.07) is 7.56. The first kappa shape index (κ1) is 16.1. The van der Waals surface area contributed by atoms with Crippen LogP contribution in [0.3, 0.4) is 0 Å². The Hall–Kier alpha value is -1.78. The highest BCUT2D eigenvalue weighted by Gasteiger charge is 2.33. The standard InChI is InChI=1S/C13H9BrN4O3S2/c14-7-3-1-6(2-4-7)11-17-18-12(23-11)15-9(19)5-8-10(20)16-13(21)22-8/h1-4,8H,5H2,(H,15,18,19)(H,16,20,21). The lowest BCUT2D eigenvalue weighted by Gasteiger charge is -2.03. The van der Waals surface area contributed by atoms with Crippen LogP contribution in [0.4, 0.5) is 9.93 Å². The molecule has 0 radical (unpaired) electrons. The monoisotopic (exact) mass is 412 g/mol. The molecule has 3 amide bonds. The number of carbonyl (C=O) groups excluding carboxylic acids is 3. The van der Waals surface area contributed by atoms with Gasteiger partial charge >= 0.3 is 0 Å². The molecular formula is C13H9BrN4O3S2. The lowest BCUT2D eigenvalue weighted by Crippen LogP contribution is -2.27. The van der Waals surface area contributed by atoms with Gasteiger partial charge in [-0.2, -0.15) is 0 Å². The summed E-state index contributed by atoms with van der Waals surface area (Å²) in [6.07, 6.45) is -0.0879. The zero-order chi connectivity index (χ0) is 16.4. The summed E-state index contributed by atoms with van der Waals surface area (Å²) < 4.78 is 0.959. The molecule has 0 bridgehead atoms. The van der Waals surface area contributed by atoms with Gasteiger partial charge < -0.3 is 5.32 Å². The SMILES string of the molecule is O=C(CC1SC(=O)NC1=O)Nc1nnc(-c2ccc(Br)cc2)s1. The van der Waals surface area contributed by atoms with E-state index in [-0.39, 0.29) is 12.3 Å². The van der Waals surface area contributed by atoms with Gasteiger partial charge in [-0.15, -0.1) is 10.2 Å². The Morgan fingerprint density at radius 2 is 2.00 bits per heavy atom. The predicted molar refractivity (Wildman–Crippen MR) is 91.2 cm³/mol. The number of benzene rings is 1. The molecule has 23 heavy (non-hydrogen) atoms. The molecule has 1 aliphatic rings. The summed E-state index contributed by atoms with van der Waals surface area (Å²) in [5.74, 6) is -0.825. The minimum Gasteiger partial charge on any atom is -0.300 e. The van der Waals surface area contributed by atoms with Crippen LogP contribution < -0.4 is 10.6 Å². The number of imide groups is 1. The summed E-state index contributed by atoms with van der Waals surface area (Å²) in [5, 5.41) is 12.6. The van der Waals surface area contributed by atoms with E-state index < -0.39 is 16.4 Å². The molecule has 2 heterocycles. The largest absolute Gasteiger partial charge is 0.300 e. The van der Waals surface area contributed by atoms with Crippen LogP contribution in [0.5, 0.6) is 0 Å². The second-order valence-corrected chi connectivity index (χ2v) is 7.62. The van der Waals surface area contributed by atoms with Gasteiger partial charge in [-0.25, -0.2) is 0 Å². The van der Waals surface area contributed by atoms with Gasteiger partial charge in [0.15, 0.2) is 0 Å². The number of thioether (sulfide) groups is 1. The molecule has 1 aliphatic heterocycles. The number of amides is 3. The number of aromatic nitrogens is 2. The van der Waals surface area contributed by atoms with E-state index in [2.05, 4.69) is 36.8 Å². The third-order valence-corrected chi connectivity index (χ3v) is 5.30. The van der Waals surface area contributed by atoms with E-state index in [1.165, 1.54) is 11.3 Å². The summed E-state index contributed by atoms with van der Waals surface area (Å²) >= 11 is 5.41. The minimum atomic E-state index is -0.693. The number of hydrogen-bond acceptors (Lipinski definition) is 7. The van der Waals surface area contributed by atoms with E-state index in [0.29, 0.717) is 10.1 Å². The fourth-order valence-electron chi connectivity index (χ4n) is 1.85. The summed E-state index contributed by atoms with van der Waals surface area (Å²) in [4.78, 5) is 34.4. The highest BCUT2D eigenvalue weighted by atomic mass is 79.9. The van der Waals surface area contributed by atoms with Crippen molar-refractivity contribution in [3.63, 3.8) is 0 Å². The van der Waals surface area contributed by atoms with Gasteiger partial charge in [0.2, 0.25) is 16.9 Å². The van der Waals surface area contributed by atoms with Gasteiger partial charge in [0, 0.05) is 16.5 Å². The van der Waals surface area contributed by atoms with Crippen LogP contribution in [0.25, 0.3) is 10.6 Å². The molecule has 1 unspecified atom stereocenters. The van der Waals surface area contributed by atoms with E-state index in [9.17, 15) is 14.4 Å². The number of hydrogen-bond donors (Lipinski definition) is 2. The van der Waals surface area contributed by atoms with Gasteiger partial charge in [0.1, 0.15) is 10.3 Å². The third-order valence-electron chi connectivity index (χ3n) is 2.90. The average molecular weight is 413 g/mol. The maximum Gasteiger partial charge on any atom is 0.286 e. The second kappa shape index (κ2) is 6.77. The first-order valence-electron chi connectivity index (χ1n) is 6.42.